The van der Waals surface area contributed by atoms with Crippen LogP contribution in [0, 0.1) is 0 Å². The smallest absolute Gasteiger partial charge is 0.0480 e. The molecule has 2 fully saturated rings. The quantitative estimate of drug-likeness (QED) is 0.791. The van der Waals surface area contributed by atoms with Crippen LogP contribution in [0.5, 0.6) is 0 Å². The van der Waals surface area contributed by atoms with Crippen molar-refractivity contribution in [1.82, 2.24) is 10.2 Å². The van der Waals surface area contributed by atoms with Gasteiger partial charge in [-0.3, -0.25) is 0 Å². The van der Waals surface area contributed by atoms with Crippen LogP contribution in [0.25, 0.3) is 0 Å². The Balaban J connectivity index is 1.74. The third-order valence-electron chi connectivity index (χ3n) is 3.88. The van der Waals surface area contributed by atoms with E-state index >= 15 is 0 Å². The van der Waals surface area contributed by atoms with Crippen molar-refractivity contribution >= 4 is 0 Å². The molecule has 2 aliphatic heterocycles. The highest BCUT2D eigenvalue weighted by atomic mass is 16.5. The number of rotatable bonds is 3. The van der Waals surface area contributed by atoms with Crippen LogP contribution in [-0.2, 0) is 4.74 Å². The second-order valence-electron chi connectivity index (χ2n) is 5.14. The maximum absolute atomic E-state index is 5.51. The van der Waals surface area contributed by atoms with Gasteiger partial charge in [0.15, 0.2) is 0 Å². The van der Waals surface area contributed by atoms with Crippen LogP contribution in [-0.4, -0.2) is 49.8 Å². The summed E-state index contributed by atoms with van der Waals surface area (Å²) in [5, 5.41) is 3.84. The molecule has 2 atom stereocenters. The van der Waals surface area contributed by atoms with Crippen molar-refractivity contribution < 1.29 is 4.74 Å². The Labute approximate surface area is 99.5 Å². The second-order valence-corrected chi connectivity index (χ2v) is 5.14. The van der Waals surface area contributed by atoms with Gasteiger partial charge in [-0.15, -0.1) is 0 Å². The van der Waals surface area contributed by atoms with Gasteiger partial charge in [-0.25, -0.2) is 0 Å². The van der Waals surface area contributed by atoms with E-state index in [1.54, 1.807) is 0 Å². The van der Waals surface area contributed by atoms with Crippen LogP contribution in [0.3, 0.4) is 0 Å². The Morgan fingerprint density at radius 3 is 2.88 bits per heavy atom. The third kappa shape index (κ3) is 3.72. The molecule has 3 heteroatoms. The Kier molecular flexibility index (Phi) is 5.07. The second kappa shape index (κ2) is 6.58. The number of ether oxygens (including phenoxy) is 1. The van der Waals surface area contributed by atoms with Gasteiger partial charge in [0.2, 0.25) is 0 Å². The lowest BCUT2D eigenvalue weighted by Crippen LogP contribution is -2.49. The lowest BCUT2D eigenvalue weighted by atomic mass is 10.0. The summed E-state index contributed by atoms with van der Waals surface area (Å²) >= 11 is 0. The zero-order chi connectivity index (χ0) is 11.2. The number of likely N-dealkylation sites (N-methyl/N-ethyl adjacent to an activating group) is 1. The normalized spacial score (nSPS) is 33.6. The van der Waals surface area contributed by atoms with Gasteiger partial charge >= 0.3 is 0 Å². The number of nitrogens with one attached hydrogen (secondary N) is 1. The highest BCUT2D eigenvalue weighted by Gasteiger charge is 2.21. The summed E-state index contributed by atoms with van der Waals surface area (Å²) in [6.07, 6.45) is 6.43. The van der Waals surface area contributed by atoms with Crippen molar-refractivity contribution in [1.29, 1.82) is 0 Å². The molecule has 2 aliphatic rings. The molecule has 94 valence electrons. The summed E-state index contributed by atoms with van der Waals surface area (Å²) in [5.74, 6) is 0. The molecule has 2 unspecified atom stereocenters. The van der Waals surface area contributed by atoms with Crippen molar-refractivity contribution in [3.63, 3.8) is 0 Å². The van der Waals surface area contributed by atoms with Crippen molar-refractivity contribution in [3.8, 4) is 0 Å². The van der Waals surface area contributed by atoms with Gasteiger partial charge in [0, 0.05) is 31.8 Å². The van der Waals surface area contributed by atoms with E-state index in [0.717, 1.165) is 19.3 Å². The first kappa shape index (κ1) is 12.3. The minimum atomic E-state index is 0.698. The minimum absolute atomic E-state index is 0.698. The molecule has 0 aromatic rings. The molecule has 2 saturated heterocycles. The highest BCUT2D eigenvalue weighted by molar-refractivity contribution is 4.81. The zero-order valence-corrected chi connectivity index (χ0v) is 10.6. The number of piperidine rings is 1. The van der Waals surface area contributed by atoms with Crippen LogP contribution in [0.15, 0.2) is 0 Å². The largest absolute Gasteiger partial charge is 0.381 e. The van der Waals surface area contributed by atoms with Crippen molar-refractivity contribution in [2.45, 2.75) is 51.1 Å². The van der Waals surface area contributed by atoms with Gasteiger partial charge < -0.3 is 15.0 Å². The molecule has 0 saturated carbocycles. The topological polar surface area (TPSA) is 24.5 Å². The minimum Gasteiger partial charge on any atom is -0.381 e. The maximum atomic E-state index is 5.51. The number of likely N-dealkylation sites (tertiary alicyclic amines) is 1. The van der Waals surface area contributed by atoms with Gasteiger partial charge in [-0.05, 0) is 45.2 Å². The Bertz CT molecular complexity index is 190. The standard InChI is InChI=1S/C13H26N2O/c1-2-15-8-3-5-13(11-15)14-12-6-4-9-16-10-7-12/h12-14H,2-11H2,1H3. The molecule has 0 spiro atoms. The van der Waals surface area contributed by atoms with Crippen LogP contribution in [0.2, 0.25) is 0 Å². The monoisotopic (exact) mass is 226 g/mol. The lowest BCUT2D eigenvalue weighted by molar-refractivity contribution is 0.140. The molecule has 0 bridgehead atoms. The predicted octanol–water partition coefficient (Wildman–Crippen LogP) is 1.63. The predicted molar refractivity (Wildman–Crippen MR) is 66.7 cm³/mol. The number of hydrogen-bond acceptors (Lipinski definition) is 3. The first-order valence-corrected chi connectivity index (χ1v) is 6.94. The van der Waals surface area contributed by atoms with Crippen LogP contribution >= 0.6 is 0 Å². The van der Waals surface area contributed by atoms with Crippen LogP contribution in [0.4, 0.5) is 0 Å². The average molecular weight is 226 g/mol. The summed E-state index contributed by atoms with van der Waals surface area (Å²) in [6, 6.07) is 1.42. The molecule has 16 heavy (non-hydrogen) atoms. The molecular weight excluding hydrogens is 200 g/mol. The average Bonchev–Trinajstić information content (AvgIpc) is 2.58. The van der Waals surface area contributed by atoms with E-state index < -0.39 is 0 Å². The van der Waals surface area contributed by atoms with E-state index in [9.17, 15) is 0 Å². The van der Waals surface area contributed by atoms with E-state index in [0.29, 0.717) is 6.04 Å². The van der Waals surface area contributed by atoms with E-state index in [2.05, 4.69) is 17.1 Å². The fraction of sp³-hybridized carbons (Fsp3) is 1.00. The molecule has 2 rings (SSSR count). The van der Waals surface area contributed by atoms with Gasteiger partial charge in [-0.2, -0.15) is 0 Å². The van der Waals surface area contributed by atoms with E-state index in [1.165, 1.54) is 51.7 Å². The molecular formula is C13H26N2O. The molecule has 1 N–H and O–H groups in total. The molecule has 0 aliphatic carbocycles. The first-order valence-electron chi connectivity index (χ1n) is 6.94. The van der Waals surface area contributed by atoms with E-state index in [1.807, 2.05) is 0 Å². The number of nitrogens with zero attached hydrogens (tertiary/aromatic N) is 1. The lowest BCUT2D eigenvalue weighted by Gasteiger charge is -2.34. The molecule has 2 heterocycles. The Morgan fingerprint density at radius 1 is 1.12 bits per heavy atom. The van der Waals surface area contributed by atoms with E-state index in [4.69, 9.17) is 4.74 Å². The van der Waals surface area contributed by atoms with Gasteiger partial charge in [0.05, 0.1) is 0 Å². The van der Waals surface area contributed by atoms with Gasteiger partial charge in [0.25, 0.3) is 0 Å². The Morgan fingerprint density at radius 2 is 2.00 bits per heavy atom. The summed E-state index contributed by atoms with van der Waals surface area (Å²) < 4.78 is 5.51. The first-order chi connectivity index (χ1) is 7.88. The summed E-state index contributed by atoms with van der Waals surface area (Å²) in [6.45, 7) is 7.91. The summed E-state index contributed by atoms with van der Waals surface area (Å²) in [5.41, 5.74) is 0. The van der Waals surface area contributed by atoms with Crippen LogP contribution < -0.4 is 5.32 Å². The molecule has 0 aromatic carbocycles. The molecule has 3 nitrogen and oxygen atoms in total. The summed E-state index contributed by atoms with van der Waals surface area (Å²) in [4.78, 5) is 2.56. The van der Waals surface area contributed by atoms with E-state index in [-0.39, 0.29) is 0 Å². The molecule has 0 aromatic heterocycles. The fourth-order valence-electron chi connectivity index (χ4n) is 2.88. The van der Waals surface area contributed by atoms with Crippen molar-refractivity contribution in [3.05, 3.63) is 0 Å². The highest BCUT2D eigenvalue weighted by Crippen LogP contribution is 2.14. The zero-order valence-electron chi connectivity index (χ0n) is 10.6. The molecule has 0 radical (unpaired) electrons. The SMILES string of the molecule is CCN1CCCC(NC2CCCOCC2)C1. The van der Waals surface area contributed by atoms with Gasteiger partial charge in [-0.1, -0.05) is 6.92 Å². The fourth-order valence-corrected chi connectivity index (χ4v) is 2.88. The van der Waals surface area contributed by atoms with Gasteiger partial charge in [0.1, 0.15) is 0 Å². The van der Waals surface area contributed by atoms with Crippen molar-refractivity contribution in [2.24, 2.45) is 0 Å². The van der Waals surface area contributed by atoms with Crippen LogP contribution in [0.1, 0.15) is 39.0 Å². The van der Waals surface area contributed by atoms with Crippen molar-refractivity contribution in [2.75, 3.05) is 32.8 Å². The molecule has 0 amide bonds. The summed E-state index contributed by atoms with van der Waals surface area (Å²) in [7, 11) is 0. The Hall–Kier alpha value is -0.120. The number of hydrogen-bond donors (Lipinski definition) is 1. The maximum Gasteiger partial charge on any atom is 0.0480 e. The third-order valence-corrected chi connectivity index (χ3v) is 3.88.